The van der Waals surface area contributed by atoms with Crippen LogP contribution in [0.1, 0.15) is 5.69 Å². The molecule has 1 aliphatic rings. The average Bonchev–Trinajstić information content (AvgIpc) is 2.50. The normalized spacial score (nSPS) is 13.6. The van der Waals surface area contributed by atoms with Gasteiger partial charge in [-0.2, -0.15) is 0 Å². The van der Waals surface area contributed by atoms with Gasteiger partial charge in [-0.05, 0) is 30.3 Å². The smallest absolute Gasteiger partial charge is 0.265 e. The fourth-order valence-electron chi connectivity index (χ4n) is 2.22. The molecule has 0 bridgehead atoms. The molecule has 108 valence electrons. The van der Waals surface area contributed by atoms with E-state index in [-0.39, 0.29) is 12.5 Å². The van der Waals surface area contributed by atoms with Crippen molar-refractivity contribution in [3.8, 4) is 5.75 Å². The van der Waals surface area contributed by atoms with Gasteiger partial charge in [-0.25, -0.2) is 4.98 Å². The molecule has 5 nitrogen and oxygen atoms in total. The van der Waals surface area contributed by atoms with Gasteiger partial charge >= 0.3 is 0 Å². The zero-order valence-electron chi connectivity index (χ0n) is 11.5. The number of hydrogen-bond donors (Lipinski definition) is 1. The highest BCUT2D eigenvalue weighted by atomic mass is 79.9. The number of benzene rings is 1. The van der Waals surface area contributed by atoms with Crippen molar-refractivity contribution in [2.75, 3.05) is 23.9 Å². The lowest BCUT2D eigenvalue weighted by Gasteiger charge is -2.29. The Labute approximate surface area is 131 Å². The fraction of sp³-hybridized carbons (Fsp3) is 0.200. The lowest BCUT2D eigenvalue weighted by atomic mass is 10.2. The van der Waals surface area contributed by atoms with E-state index in [0.29, 0.717) is 12.3 Å². The van der Waals surface area contributed by atoms with E-state index in [2.05, 4.69) is 26.2 Å². The largest absolute Gasteiger partial charge is 0.482 e. The van der Waals surface area contributed by atoms with Crippen LogP contribution in [0.4, 0.5) is 11.5 Å². The zero-order valence-corrected chi connectivity index (χ0v) is 13.1. The van der Waals surface area contributed by atoms with Crippen molar-refractivity contribution in [3.63, 3.8) is 0 Å². The Morgan fingerprint density at radius 1 is 1.38 bits per heavy atom. The van der Waals surface area contributed by atoms with E-state index in [1.807, 2.05) is 43.4 Å². The zero-order chi connectivity index (χ0) is 14.8. The molecule has 21 heavy (non-hydrogen) atoms. The number of fused-ring (bicyclic) bond motifs is 1. The van der Waals surface area contributed by atoms with Crippen molar-refractivity contribution in [1.82, 2.24) is 4.98 Å². The van der Waals surface area contributed by atoms with Gasteiger partial charge in [-0.15, -0.1) is 0 Å². The van der Waals surface area contributed by atoms with Crippen LogP contribution in [0.5, 0.6) is 5.75 Å². The minimum Gasteiger partial charge on any atom is -0.482 e. The highest BCUT2D eigenvalue weighted by molar-refractivity contribution is 9.10. The van der Waals surface area contributed by atoms with E-state index in [4.69, 9.17) is 4.74 Å². The van der Waals surface area contributed by atoms with Crippen LogP contribution < -0.4 is 15.0 Å². The average molecular weight is 348 g/mol. The number of nitrogens with zero attached hydrogens (tertiary/aromatic N) is 2. The summed E-state index contributed by atoms with van der Waals surface area (Å²) >= 11 is 3.43. The molecule has 0 radical (unpaired) electrons. The lowest BCUT2D eigenvalue weighted by molar-refractivity contribution is -0.121. The second-order valence-electron chi connectivity index (χ2n) is 4.64. The number of anilines is 2. The first-order valence-corrected chi connectivity index (χ1v) is 7.33. The number of carbonyl (C=O) groups is 1. The third-order valence-electron chi connectivity index (χ3n) is 3.25. The topological polar surface area (TPSA) is 54.5 Å². The monoisotopic (exact) mass is 347 g/mol. The van der Waals surface area contributed by atoms with Gasteiger partial charge in [-0.1, -0.05) is 22.0 Å². The van der Waals surface area contributed by atoms with Crippen LogP contribution in [0.15, 0.2) is 40.9 Å². The van der Waals surface area contributed by atoms with Gasteiger partial charge in [0.1, 0.15) is 11.6 Å². The summed E-state index contributed by atoms with van der Waals surface area (Å²) in [6.07, 6.45) is 0. The molecule has 0 aliphatic carbocycles. The lowest BCUT2D eigenvalue weighted by Crippen LogP contribution is -2.38. The molecule has 6 heteroatoms. The molecule has 1 N–H and O–H groups in total. The van der Waals surface area contributed by atoms with Gasteiger partial charge in [-0.3, -0.25) is 9.69 Å². The number of amides is 1. The van der Waals surface area contributed by atoms with E-state index < -0.39 is 0 Å². The summed E-state index contributed by atoms with van der Waals surface area (Å²) in [5, 5.41) is 3.00. The molecular weight excluding hydrogens is 334 g/mol. The number of ether oxygens (including phenoxy) is 1. The van der Waals surface area contributed by atoms with E-state index in [1.54, 1.807) is 4.90 Å². The van der Waals surface area contributed by atoms with Crippen LogP contribution in [0.3, 0.4) is 0 Å². The summed E-state index contributed by atoms with van der Waals surface area (Å²) < 4.78 is 6.36. The number of aromatic nitrogens is 1. The fourth-order valence-corrected chi connectivity index (χ4v) is 2.57. The summed E-state index contributed by atoms with van der Waals surface area (Å²) in [6.45, 7) is 0.474. The second kappa shape index (κ2) is 5.73. The van der Waals surface area contributed by atoms with Gasteiger partial charge in [0.2, 0.25) is 0 Å². The molecule has 0 atom stereocenters. The standard InChI is InChI=1S/C15H14BrN3O2/c1-17-14-4-2-3-11(18-14)8-19-12-7-10(16)5-6-13(12)21-9-15(19)20/h2-7H,8-9H2,1H3,(H,17,18). The molecule has 1 aliphatic heterocycles. The van der Waals surface area contributed by atoms with Crippen molar-refractivity contribution >= 4 is 33.3 Å². The van der Waals surface area contributed by atoms with Crippen LogP contribution in [0, 0.1) is 0 Å². The Hall–Kier alpha value is -2.08. The molecule has 0 saturated carbocycles. The van der Waals surface area contributed by atoms with Gasteiger partial charge in [0.25, 0.3) is 5.91 Å². The minimum absolute atomic E-state index is 0.0559. The van der Waals surface area contributed by atoms with Crippen molar-refractivity contribution in [2.45, 2.75) is 6.54 Å². The Balaban J connectivity index is 1.94. The predicted octanol–water partition coefficient (Wildman–Crippen LogP) is 2.81. The molecule has 0 unspecified atom stereocenters. The first-order chi connectivity index (χ1) is 10.2. The molecule has 0 fully saturated rings. The number of carbonyl (C=O) groups excluding carboxylic acids is 1. The molecule has 2 aromatic rings. The van der Waals surface area contributed by atoms with Crippen LogP contribution in [0.25, 0.3) is 0 Å². The van der Waals surface area contributed by atoms with E-state index >= 15 is 0 Å². The highest BCUT2D eigenvalue weighted by Gasteiger charge is 2.26. The summed E-state index contributed by atoms with van der Waals surface area (Å²) in [4.78, 5) is 18.3. The quantitative estimate of drug-likeness (QED) is 0.927. The first-order valence-electron chi connectivity index (χ1n) is 6.54. The van der Waals surface area contributed by atoms with Crippen molar-refractivity contribution in [2.24, 2.45) is 0 Å². The molecule has 1 aromatic heterocycles. The number of nitrogens with one attached hydrogen (secondary N) is 1. The summed E-state index contributed by atoms with van der Waals surface area (Å²) in [5.41, 5.74) is 1.58. The Kier molecular flexibility index (Phi) is 3.79. The van der Waals surface area contributed by atoms with Crippen LogP contribution >= 0.6 is 15.9 Å². The SMILES string of the molecule is CNc1cccc(CN2C(=O)COc3ccc(Br)cc32)n1. The highest BCUT2D eigenvalue weighted by Crippen LogP contribution is 2.35. The van der Waals surface area contributed by atoms with Gasteiger partial charge in [0.15, 0.2) is 6.61 Å². The van der Waals surface area contributed by atoms with Gasteiger partial charge < -0.3 is 10.1 Å². The maximum absolute atomic E-state index is 12.2. The maximum atomic E-state index is 12.2. The van der Waals surface area contributed by atoms with Crippen LogP contribution in [0.2, 0.25) is 0 Å². The van der Waals surface area contributed by atoms with Crippen LogP contribution in [-0.4, -0.2) is 24.5 Å². The number of pyridine rings is 1. The number of rotatable bonds is 3. The van der Waals surface area contributed by atoms with Gasteiger partial charge in [0, 0.05) is 11.5 Å². The van der Waals surface area contributed by atoms with Crippen LogP contribution in [-0.2, 0) is 11.3 Å². The first kappa shape index (κ1) is 13.9. The minimum atomic E-state index is -0.0720. The molecule has 3 rings (SSSR count). The molecular formula is C15H14BrN3O2. The third-order valence-corrected chi connectivity index (χ3v) is 3.74. The summed E-state index contributed by atoms with van der Waals surface area (Å²) in [6, 6.07) is 11.3. The van der Waals surface area contributed by atoms with Crippen molar-refractivity contribution in [1.29, 1.82) is 0 Å². The molecule has 0 spiro atoms. The number of hydrogen-bond acceptors (Lipinski definition) is 4. The molecule has 1 aromatic carbocycles. The Morgan fingerprint density at radius 3 is 3.05 bits per heavy atom. The molecule has 0 saturated heterocycles. The summed E-state index contributed by atoms with van der Waals surface area (Å²) in [7, 11) is 1.82. The number of halogens is 1. The van der Waals surface area contributed by atoms with E-state index in [9.17, 15) is 4.79 Å². The Morgan fingerprint density at radius 2 is 2.24 bits per heavy atom. The van der Waals surface area contributed by atoms with E-state index in [1.165, 1.54) is 0 Å². The maximum Gasteiger partial charge on any atom is 0.265 e. The van der Waals surface area contributed by atoms with E-state index in [0.717, 1.165) is 21.7 Å². The predicted molar refractivity (Wildman–Crippen MR) is 84.6 cm³/mol. The summed E-state index contributed by atoms with van der Waals surface area (Å²) in [5.74, 6) is 1.42. The van der Waals surface area contributed by atoms with Crippen molar-refractivity contribution in [3.05, 3.63) is 46.6 Å². The second-order valence-corrected chi connectivity index (χ2v) is 5.56. The Bertz CT molecular complexity index is 690. The van der Waals surface area contributed by atoms with Gasteiger partial charge in [0.05, 0.1) is 17.9 Å². The molecule has 2 heterocycles. The molecule has 1 amide bonds. The third kappa shape index (κ3) is 2.85. The van der Waals surface area contributed by atoms with Crippen molar-refractivity contribution < 1.29 is 9.53 Å².